The second-order valence-electron chi connectivity index (χ2n) is 5.59. The van der Waals surface area contributed by atoms with Crippen molar-refractivity contribution in [2.45, 2.75) is 64.7 Å². The summed E-state index contributed by atoms with van der Waals surface area (Å²) in [6.45, 7) is 2.78. The molecule has 0 aromatic heterocycles. The van der Waals surface area contributed by atoms with Gasteiger partial charge in [0.05, 0.1) is 6.61 Å². The van der Waals surface area contributed by atoms with E-state index in [2.05, 4.69) is 6.92 Å². The van der Waals surface area contributed by atoms with Gasteiger partial charge >= 0.3 is 5.97 Å². The first-order chi connectivity index (χ1) is 10.2. The van der Waals surface area contributed by atoms with Crippen molar-refractivity contribution in [1.29, 1.82) is 0 Å². The van der Waals surface area contributed by atoms with Crippen LogP contribution in [0.3, 0.4) is 0 Å². The third-order valence-corrected chi connectivity index (χ3v) is 3.58. The summed E-state index contributed by atoms with van der Waals surface area (Å²) in [6, 6.07) is 7.65. The van der Waals surface area contributed by atoms with Gasteiger partial charge in [-0.3, -0.25) is 4.79 Å². The number of esters is 1. The lowest BCUT2D eigenvalue weighted by atomic mass is 10.1. The van der Waals surface area contributed by atoms with E-state index < -0.39 is 0 Å². The van der Waals surface area contributed by atoms with Gasteiger partial charge in [-0.15, -0.1) is 0 Å². The third kappa shape index (κ3) is 9.11. The lowest BCUT2D eigenvalue weighted by Crippen LogP contribution is -2.07. The van der Waals surface area contributed by atoms with Gasteiger partial charge in [-0.25, -0.2) is 0 Å². The van der Waals surface area contributed by atoms with Crippen LogP contribution in [0.5, 0.6) is 0 Å². The highest BCUT2D eigenvalue weighted by Gasteiger charge is 2.03. The van der Waals surface area contributed by atoms with E-state index >= 15 is 0 Å². The average molecular weight is 291 g/mol. The Balaban J connectivity index is 1.99. The highest BCUT2D eigenvalue weighted by molar-refractivity contribution is 5.69. The molecule has 0 bridgehead atoms. The molecule has 1 aromatic carbocycles. The molecule has 118 valence electrons. The van der Waals surface area contributed by atoms with Crippen LogP contribution in [0.15, 0.2) is 24.3 Å². The van der Waals surface area contributed by atoms with Crippen LogP contribution in [0, 0.1) is 0 Å². The van der Waals surface area contributed by atoms with Crippen LogP contribution in [0.25, 0.3) is 0 Å². The number of aryl methyl sites for hydroxylation is 1. The highest BCUT2D eigenvalue weighted by Crippen LogP contribution is 2.10. The smallest absolute Gasteiger partial charge is 0.306 e. The van der Waals surface area contributed by atoms with E-state index in [1.54, 1.807) is 0 Å². The predicted molar refractivity (Wildman–Crippen MR) is 88.1 cm³/mol. The molecule has 1 aromatic rings. The summed E-state index contributed by atoms with van der Waals surface area (Å²) >= 11 is 0. The molecule has 0 aliphatic heterocycles. The molecule has 3 heteroatoms. The molecule has 1 rings (SSSR count). The number of nitrogens with two attached hydrogens (primary N) is 1. The third-order valence-electron chi connectivity index (χ3n) is 3.58. The number of hydrogen-bond donors (Lipinski definition) is 1. The fourth-order valence-corrected chi connectivity index (χ4v) is 2.31. The predicted octanol–water partition coefficient (Wildman–Crippen LogP) is 4.50. The number of carbonyl (C=O) groups excluding carboxylic acids is 1. The average Bonchev–Trinajstić information content (AvgIpc) is 2.48. The maximum absolute atomic E-state index is 11.6. The van der Waals surface area contributed by atoms with Gasteiger partial charge in [0.25, 0.3) is 0 Å². The molecule has 0 saturated carbocycles. The standard InChI is InChI=1S/C18H29NO2/c1-2-3-4-5-6-7-8-14-21-18(20)13-12-16-10-9-11-17(19)15-16/h9-11,15H,2-8,12-14,19H2,1H3. The quantitative estimate of drug-likeness (QED) is 0.371. The summed E-state index contributed by atoms with van der Waals surface area (Å²) in [5.41, 5.74) is 7.53. The Hall–Kier alpha value is -1.51. The molecule has 0 aliphatic carbocycles. The fourth-order valence-electron chi connectivity index (χ4n) is 2.31. The van der Waals surface area contributed by atoms with E-state index in [9.17, 15) is 4.79 Å². The summed E-state index contributed by atoms with van der Waals surface area (Å²) in [5, 5.41) is 0. The Bertz CT molecular complexity index is 404. The van der Waals surface area contributed by atoms with Crippen LogP contribution >= 0.6 is 0 Å². The summed E-state index contributed by atoms with van der Waals surface area (Å²) in [4.78, 5) is 11.6. The molecular formula is C18H29NO2. The number of benzene rings is 1. The molecule has 21 heavy (non-hydrogen) atoms. The molecule has 0 spiro atoms. The largest absolute Gasteiger partial charge is 0.466 e. The normalized spacial score (nSPS) is 10.5. The highest BCUT2D eigenvalue weighted by atomic mass is 16.5. The zero-order valence-corrected chi connectivity index (χ0v) is 13.3. The fraction of sp³-hybridized carbons (Fsp3) is 0.611. The Morgan fingerprint density at radius 1 is 1.10 bits per heavy atom. The van der Waals surface area contributed by atoms with E-state index in [0.29, 0.717) is 19.4 Å². The Labute approximate surface area is 128 Å². The summed E-state index contributed by atoms with van der Waals surface area (Å²) < 4.78 is 5.25. The molecule has 3 nitrogen and oxygen atoms in total. The number of ether oxygens (including phenoxy) is 1. The van der Waals surface area contributed by atoms with Crippen LogP contribution in [0.4, 0.5) is 5.69 Å². The molecule has 0 aliphatic rings. The number of anilines is 1. The molecule has 0 saturated heterocycles. The molecule has 0 radical (unpaired) electrons. The van der Waals surface area contributed by atoms with E-state index in [-0.39, 0.29) is 5.97 Å². The number of carbonyl (C=O) groups is 1. The van der Waals surface area contributed by atoms with Gasteiger partial charge in [0.1, 0.15) is 0 Å². The molecule has 0 heterocycles. The van der Waals surface area contributed by atoms with Crippen molar-refractivity contribution in [3.63, 3.8) is 0 Å². The summed E-state index contributed by atoms with van der Waals surface area (Å²) in [5.74, 6) is -0.108. The zero-order valence-electron chi connectivity index (χ0n) is 13.3. The molecule has 2 N–H and O–H groups in total. The van der Waals surface area contributed by atoms with Crippen LogP contribution in [0.2, 0.25) is 0 Å². The topological polar surface area (TPSA) is 52.3 Å². The minimum absolute atomic E-state index is 0.108. The van der Waals surface area contributed by atoms with Crippen molar-refractivity contribution in [2.75, 3.05) is 12.3 Å². The second kappa shape index (κ2) is 11.2. The summed E-state index contributed by atoms with van der Waals surface area (Å²) in [7, 11) is 0. The van der Waals surface area contributed by atoms with E-state index in [1.165, 1.54) is 32.1 Å². The van der Waals surface area contributed by atoms with Crippen molar-refractivity contribution in [1.82, 2.24) is 0 Å². The number of rotatable bonds is 11. The van der Waals surface area contributed by atoms with Crippen molar-refractivity contribution in [3.8, 4) is 0 Å². The molecule has 0 unspecified atom stereocenters. The number of unbranched alkanes of at least 4 members (excludes halogenated alkanes) is 6. The van der Waals surface area contributed by atoms with Crippen molar-refractivity contribution < 1.29 is 9.53 Å². The molecule has 0 amide bonds. The van der Waals surface area contributed by atoms with Crippen molar-refractivity contribution in [2.24, 2.45) is 0 Å². The van der Waals surface area contributed by atoms with Gasteiger partial charge in [0, 0.05) is 12.1 Å². The van der Waals surface area contributed by atoms with E-state index in [1.807, 2.05) is 24.3 Å². The van der Waals surface area contributed by atoms with Gasteiger partial charge in [0.15, 0.2) is 0 Å². The minimum atomic E-state index is -0.108. The maximum atomic E-state index is 11.6. The van der Waals surface area contributed by atoms with E-state index in [4.69, 9.17) is 10.5 Å². The Kier molecular flexibility index (Phi) is 9.34. The van der Waals surface area contributed by atoms with Gasteiger partial charge in [-0.05, 0) is 30.5 Å². The van der Waals surface area contributed by atoms with Crippen molar-refractivity contribution in [3.05, 3.63) is 29.8 Å². The number of nitrogen functional groups attached to an aromatic ring is 1. The first-order valence-electron chi connectivity index (χ1n) is 8.22. The van der Waals surface area contributed by atoms with Crippen LogP contribution < -0.4 is 5.73 Å². The number of hydrogen-bond acceptors (Lipinski definition) is 3. The molecule has 0 fully saturated rings. The van der Waals surface area contributed by atoms with Gasteiger partial charge in [-0.2, -0.15) is 0 Å². The molecular weight excluding hydrogens is 262 g/mol. The van der Waals surface area contributed by atoms with Gasteiger partial charge in [-0.1, -0.05) is 57.6 Å². The summed E-state index contributed by atoms with van der Waals surface area (Å²) in [6.07, 6.45) is 9.77. The lowest BCUT2D eigenvalue weighted by molar-refractivity contribution is -0.143. The van der Waals surface area contributed by atoms with Crippen LogP contribution in [-0.4, -0.2) is 12.6 Å². The molecule has 0 atom stereocenters. The SMILES string of the molecule is CCCCCCCCCOC(=O)CCc1cccc(N)c1. The first-order valence-corrected chi connectivity index (χ1v) is 8.22. The van der Waals surface area contributed by atoms with Crippen LogP contribution in [0.1, 0.15) is 63.9 Å². The second-order valence-corrected chi connectivity index (χ2v) is 5.59. The van der Waals surface area contributed by atoms with Gasteiger partial charge in [0.2, 0.25) is 0 Å². The first kappa shape index (κ1) is 17.5. The maximum Gasteiger partial charge on any atom is 0.306 e. The monoisotopic (exact) mass is 291 g/mol. The van der Waals surface area contributed by atoms with E-state index in [0.717, 1.165) is 24.1 Å². The Morgan fingerprint density at radius 2 is 1.81 bits per heavy atom. The lowest BCUT2D eigenvalue weighted by Gasteiger charge is -2.05. The van der Waals surface area contributed by atoms with Crippen molar-refractivity contribution >= 4 is 11.7 Å². The zero-order chi connectivity index (χ0) is 15.3. The minimum Gasteiger partial charge on any atom is -0.466 e. The van der Waals surface area contributed by atoms with Gasteiger partial charge < -0.3 is 10.5 Å². The van der Waals surface area contributed by atoms with Crippen LogP contribution in [-0.2, 0) is 16.0 Å². The Morgan fingerprint density at radius 3 is 2.52 bits per heavy atom.